The number of aryl methyl sites for hydroxylation is 1. The number of nitrogens with one attached hydrogen (secondary N) is 1. The smallest absolute Gasteiger partial charge is 0.270 e. The molecule has 27 heavy (non-hydrogen) atoms. The Balaban J connectivity index is 1.47. The number of likely N-dealkylation sites (tertiary alicyclic amines) is 1. The van der Waals surface area contributed by atoms with Crippen LogP contribution in [0.25, 0.3) is 10.9 Å². The third-order valence-corrected chi connectivity index (χ3v) is 6.53. The molecule has 1 aromatic heterocycles. The Hall–Kier alpha value is -2.34. The number of hydrogen-bond acceptors (Lipinski definition) is 3. The molecule has 2 aromatic rings. The first-order chi connectivity index (χ1) is 12.9. The zero-order valence-corrected chi connectivity index (χ0v) is 16.0. The second kappa shape index (κ2) is 5.58. The number of carbonyl (C=O) groups is 2. The van der Waals surface area contributed by atoms with Crippen molar-refractivity contribution in [2.75, 3.05) is 13.2 Å². The number of carbonyl (C=O) groups excluding carboxylic acids is 2. The van der Waals surface area contributed by atoms with Gasteiger partial charge in [-0.25, -0.2) is 0 Å². The van der Waals surface area contributed by atoms with E-state index in [1.807, 2.05) is 34.9 Å². The second-order valence-corrected chi connectivity index (χ2v) is 8.47. The van der Waals surface area contributed by atoms with E-state index in [-0.39, 0.29) is 23.9 Å². The van der Waals surface area contributed by atoms with Crippen molar-refractivity contribution in [3.63, 3.8) is 0 Å². The summed E-state index contributed by atoms with van der Waals surface area (Å²) >= 11 is 0. The number of rotatable bonds is 2. The standard InChI is InChI=1S/C21H25N3O3/c1-12(2)17-11-27-21-6-7-23(18(21)10-19(25)24(17)21)20(26)16-9-14-8-13(3)4-5-15(14)22-16/h4-5,8-9,12,17-18,22H,6-7,10-11H2,1-3H3/t17-,18+,21-/m0/s1. The van der Waals surface area contributed by atoms with E-state index in [0.717, 1.165) is 16.5 Å². The first-order valence-corrected chi connectivity index (χ1v) is 9.77. The van der Waals surface area contributed by atoms with Crippen LogP contribution in [0, 0.1) is 12.8 Å². The Bertz CT molecular complexity index is 949. The van der Waals surface area contributed by atoms with Crippen LogP contribution in [0.4, 0.5) is 0 Å². The minimum absolute atomic E-state index is 0.0445. The largest absolute Gasteiger partial charge is 0.351 e. The third kappa shape index (κ3) is 2.22. The number of H-pyrrole nitrogens is 1. The van der Waals surface area contributed by atoms with Gasteiger partial charge < -0.3 is 19.5 Å². The average molecular weight is 367 g/mol. The van der Waals surface area contributed by atoms with Crippen molar-refractivity contribution in [3.8, 4) is 0 Å². The van der Waals surface area contributed by atoms with Crippen LogP contribution in [0.1, 0.15) is 42.7 Å². The van der Waals surface area contributed by atoms with Crippen molar-refractivity contribution in [1.29, 1.82) is 0 Å². The molecule has 1 aromatic carbocycles. The molecule has 3 atom stereocenters. The fraction of sp³-hybridized carbons (Fsp3) is 0.524. The van der Waals surface area contributed by atoms with Gasteiger partial charge in [-0.3, -0.25) is 9.59 Å². The van der Waals surface area contributed by atoms with E-state index in [1.165, 1.54) is 0 Å². The maximum atomic E-state index is 13.3. The summed E-state index contributed by atoms with van der Waals surface area (Å²) in [7, 11) is 0. The molecular formula is C21H25N3O3. The predicted octanol–water partition coefficient (Wildman–Crippen LogP) is 2.67. The van der Waals surface area contributed by atoms with Gasteiger partial charge in [-0.2, -0.15) is 0 Å². The Morgan fingerprint density at radius 2 is 2.15 bits per heavy atom. The van der Waals surface area contributed by atoms with Gasteiger partial charge in [0.05, 0.1) is 25.1 Å². The van der Waals surface area contributed by atoms with Crippen molar-refractivity contribution >= 4 is 22.7 Å². The highest BCUT2D eigenvalue weighted by Gasteiger charge is 2.65. The highest BCUT2D eigenvalue weighted by molar-refractivity contribution is 5.99. The van der Waals surface area contributed by atoms with Crippen molar-refractivity contribution < 1.29 is 14.3 Å². The lowest BCUT2D eigenvalue weighted by atomic mass is 10.0. The lowest BCUT2D eigenvalue weighted by molar-refractivity contribution is -0.139. The SMILES string of the molecule is Cc1ccc2[nH]c(C(=O)N3CC[C@@]45OC[C@@H](C(C)C)N4C(=O)C[C@@H]35)cc2c1. The summed E-state index contributed by atoms with van der Waals surface area (Å²) in [6.45, 7) is 7.47. The summed E-state index contributed by atoms with van der Waals surface area (Å²) in [6, 6.07) is 7.92. The molecule has 6 nitrogen and oxygen atoms in total. The maximum absolute atomic E-state index is 13.3. The first-order valence-electron chi connectivity index (χ1n) is 9.77. The summed E-state index contributed by atoms with van der Waals surface area (Å²) in [6.07, 6.45) is 1.05. The van der Waals surface area contributed by atoms with Gasteiger partial charge in [0.1, 0.15) is 5.69 Å². The monoisotopic (exact) mass is 367 g/mol. The Morgan fingerprint density at radius 3 is 2.93 bits per heavy atom. The van der Waals surface area contributed by atoms with E-state index in [9.17, 15) is 9.59 Å². The van der Waals surface area contributed by atoms with Crippen LogP contribution in [0.3, 0.4) is 0 Å². The van der Waals surface area contributed by atoms with Gasteiger partial charge in [-0.05, 0) is 31.0 Å². The maximum Gasteiger partial charge on any atom is 0.270 e. The molecule has 142 valence electrons. The van der Waals surface area contributed by atoms with Gasteiger partial charge in [-0.1, -0.05) is 25.5 Å². The van der Waals surface area contributed by atoms with Gasteiger partial charge in [0.15, 0.2) is 5.72 Å². The van der Waals surface area contributed by atoms with Crippen molar-refractivity contribution in [1.82, 2.24) is 14.8 Å². The van der Waals surface area contributed by atoms with Crippen LogP contribution in [0.15, 0.2) is 24.3 Å². The molecule has 0 radical (unpaired) electrons. The van der Waals surface area contributed by atoms with Crippen LogP contribution in [-0.4, -0.2) is 57.6 Å². The minimum atomic E-state index is -0.621. The van der Waals surface area contributed by atoms with E-state index in [0.29, 0.717) is 37.6 Å². The summed E-state index contributed by atoms with van der Waals surface area (Å²) in [5.74, 6) is 0.409. The van der Waals surface area contributed by atoms with Crippen molar-refractivity contribution in [2.45, 2.75) is 51.4 Å². The van der Waals surface area contributed by atoms with Gasteiger partial charge in [0, 0.05) is 23.9 Å². The van der Waals surface area contributed by atoms with Crippen LogP contribution in [0.5, 0.6) is 0 Å². The number of aromatic nitrogens is 1. The number of ether oxygens (including phenoxy) is 1. The lowest BCUT2D eigenvalue weighted by Crippen LogP contribution is -2.51. The van der Waals surface area contributed by atoms with Crippen LogP contribution in [-0.2, 0) is 9.53 Å². The number of fused-ring (bicyclic) bond motifs is 1. The zero-order valence-electron chi connectivity index (χ0n) is 16.0. The molecule has 1 spiro atoms. The number of amides is 2. The number of hydrogen-bond donors (Lipinski definition) is 1. The normalized spacial score (nSPS) is 29.9. The van der Waals surface area contributed by atoms with E-state index >= 15 is 0 Å². The summed E-state index contributed by atoms with van der Waals surface area (Å²) in [5, 5.41) is 1.04. The molecule has 0 unspecified atom stereocenters. The summed E-state index contributed by atoms with van der Waals surface area (Å²) in [5.41, 5.74) is 2.08. The second-order valence-electron chi connectivity index (χ2n) is 8.47. The molecule has 1 N–H and O–H groups in total. The molecule has 5 rings (SSSR count). The van der Waals surface area contributed by atoms with E-state index in [4.69, 9.17) is 4.74 Å². The molecular weight excluding hydrogens is 342 g/mol. The molecule has 3 fully saturated rings. The third-order valence-electron chi connectivity index (χ3n) is 6.53. The molecule has 3 saturated heterocycles. The molecule has 3 aliphatic rings. The van der Waals surface area contributed by atoms with Crippen LogP contribution >= 0.6 is 0 Å². The Morgan fingerprint density at radius 1 is 1.33 bits per heavy atom. The molecule has 6 heteroatoms. The molecule has 0 bridgehead atoms. The summed E-state index contributed by atoms with van der Waals surface area (Å²) in [4.78, 5) is 33.1. The molecule has 3 aliphatic heterocycles. The summed E-state index contributed by atoms with van der Waals surface area (Å²) < 4.78 is 6.22. The molecule has 4 heterocycles. The van der Waals surface area contributed by atoms with Gasteiger partial charge in [0.2, 0.25) is 5.91 Å². The van der Waals surface area contributed by atoms with Crippen molar-refractivity contribution in [2.24, 2.45) is 5.92 Å². The average Bonchev–Trinajstić information content (AvgIpc) is 3.34. The molecule has 2 amide bonds. The predicted molar refractivity (Wildman–Crippen MR) is 101 cm³/mol. The fourth-order valence-electron chi connectivity index (χ4n) is 5.14. The molecule has 0 saturated carbocycles. The number of benzene rings is 1. The number of nitrogens with zero attached hydrogens (tertiary/aromatic N) is 2. The van der Waals surface area contributed by atoms with Crippen LogP contribution in [0.2, 0.25) is 0 Å². The number of aromatic amines is 1. The van der Waals surface area contributed by atoms with Gasteiger partial charge in [0.25, 0.3) is 5.91 Å². The Labute approximate surface area is 158 Å². The zero-order chi connectivity index (χ0) is 18.9. The van der Waals surface area contributed by atoms with Gasteiger partial charge in [-0.15, -0.1) is 0 Å². The first kappa shape index (κ1) is 16.8. The lowest BCUT2D eigenvalue weighted by Gasteiger charge is -2.34. The Kier molecular flexibility index (Phi) is 3.47. The topological polar surface area (TPSA) is 65.6 Å². The van der Waals surface area contributed by atoms with E-state index < -0.39 is 5.72 Å². The van der Waals surface area contributed by atoms with Crippen LogP contribution < -0.4 is 0 Å². The van der Waals surface area contributed by atoms with E-state index in [1.54, 1.807) is 0 Å². The molecule has 0 aliphatic carbocycles. The highest BCUT2D eigenvalue weighted by Crippen LogP contribution is 2.49. The highest BCUT2D eigenvalue weighted by atomic mass is 16.5. The fourth-order valence-corrected chi connectivity index (χ4v) is 5.14. The van der Waals surface area contributed by atoms with E-state index in [2.05, 4.69) is 24.9 Å². The minimum Gasteiger partial charge on any atom is -0.351 e. The van der Waals surface area contributed by atoms with Gasteiger partial charge >= 0.3 is 0 Å². The van der Waals surface area contributed by atoms with Crippen molar-refractivity contribution in [3.05, 3.63) is 35.5 Å². The quantitative estimate of drug-likeness (QED) is 0.887.